The van der Waals surface area contributed by atoms with Crippen LogP contribution in [0.5, 0.6) is 5.88 Å². The zero-order valence-electron chi connectivity index (χ0n) is 22.4. The monoisotopic (exact) mass is 631 g/mol. The first-order valence-electron chi connectivity index (χ1n) is 11.8. The van der Waals surface area contributed by atoms with Gasteiger partial charge in [0.2, 0.25) is 5.88 Å². The molecule has 2 saturated heterocycles. The summed E-state index contributed by atoms with van der Waals surface area (Å²) in [5.41, 5.74) is 0.390. The van der Waals surface area contributed by atoms with E-state index < -0.39 is 36.4 Å². The summed E-state index contributed by atoms with van der Waals surface area (Å²) in [4.78, 5) is 36.1. The molecule has 42 heavy (non-hydrogen) atoms. The van der Waals surface area contributed by atoms with Crippen LogP contribution in [0.15, 0.2) is 24.4 Å². The van der Waals surface area contributed by atoms with Gasteiger partial charge in [0.1, 0.15) is 0 Å². The number of nitrogens with zero attached hydrogens (tertiary/aromatic N) is 3. The normalized spacial score (nSPS) is 18.6. The van der Waals surface area contributed by atoms with Gasteiger partial charge in [-0.1, -0.05) is 6.07 Å². The van der Waals surface area contributed by atoms with Gasteiger partial charge in [-0.25, -0.2) is 19.4 Å². The molecule has 2 aliphatic heterocycles. The summed E-state index contributed by atoms with van der Waals surface area (Å²) in [5, 5.41) is 21.4. The third kappa shape index (κ3) is 14.0. The number of likely N-dealkylation sites (tertiary alicyclic amines) is 2. The number of carbonyl (C=O) groups is 3. The van der Waals surface area contributed by atoms with Crippen molar-refractivity contribution in [2.75, 3.05) is 33.3 Å². The average Bonchev–Trinajstić information content (AvgIpc) is 2.82. The van der Waals surface area contributed by atoms with Gasteiger partial charge in [-0.3, -0.25) is 9.80 Å². The molecular formula is C23H30F9N3O7. The number of hydrogen-bond acceptors (Lipinski definition) is 7. The average molecular weight is 631 g/mol. The van der Waals surface area contributed by atoms with Crippen molar-refractivity contribution < 1.29 is 74.0 Å². The number of carboxylic acid groups (broad SMARTS) is 3. The molecule has 2 aliphatic rings. The summed E-state index contributed by atoms with van der Waals surface area (Å²) in [5.74, 6) is -6.87. The van der Waals surface area contributed by atoms with Crippen molar-refractivity contribution in [2.45, 2.75) is 56.8 Å². The Morgan fingerprint density at radius 3 is 1.69 bits per heavy atom. The fraction of sp³-hybridized carbons (Fsp3) is 0.652. The van der Waals surface area contributed by atoms with Gasteiger partial charge in [-0.15, -0.1) is 0 Å². The van der Waals surface area contributed by atoms with Crippen LogP contribution in [0.1, 0.15) is 26.7 Å². The third-order valence-corrected chi connectivity index (χ3v) is 5.91. The minimum atomic E-state index is -5.08. The Labute approximate surface area is 233 Å². The largest absolute Gasteiger partial charge is 0.490 e. The second kappa shape index (κ2) is 15.8. The van der Waals surface area contributed by atoms with Gasteiger partial charge in [-0.05, 0) is 52.3 Å². The van der Waals surface area contributed by atoms with Crippen molar-refractivity contribution in [3.05, 3.63) is 24.4 Å². The molecule has 1 aromatic heterocycles. The number of carboxylic acids is 3. The van der Waals surface area contributed by atoms with E-state index in [9.17, 15) is 39.5 Å². The van der Waals surface area contributed by atoms with Crippen LogP contribution in [0, 0.1) is 5.92 Å². The van der Waals surface area contributed by atoms with Gasteiger partial charge in [-0.2, -0.15) is 39.5 Å². The van der Waals surface area contributed by atoms with Crippen LogP contribution in [0.2, 0.25) is 0 Å². The molecule has 3 N–H and O–H groups in total. The fourth-order valence-corrected chi connectivity index (χ4v) is 3.63. The van der Waals surface area contributed by atoms with Crippen molar-refractivity contribution in [1.29, 1.82) is 0 Å². The lowest BCUT2D eigenvalue weighted by Gasteiger charge is -2.60. The number of hydrogen-bond donors (Lipinski definition) is 3. The van der Waals surface area contributed by atoms with E-state index >= 15 is 0 Å². The Balaban J connectivity index is 0.000000660. The molecule has 0 radical (unpaired) electrons. The summed E-state index contributed by atoms with van der Waals surface area (Å²) in [7, 11) is 2.29. The summed E-state index contributed by atoms with van der Waals surface area (Å²) in [6.45, 7) is 8.98. The van der Waals surface area contributed by atoms with E-state index in [1.807, 2.05) is 18.2 Å². The molecule has 0 saturated carbocycles. The number of aromatic nitrogens is 1. The lowest BCUT2D eigenvalue weighted by molar-refractivity contribution is -0.193. The Morgan fingerprint density at radius 2 is 1.36 bits per heavy atom. The highest BCUT2D eigenvalue weighted by molar-refractivity contribution is 5.73. The van der Waals surface area contributed by atoms with Crippen molar-refractivity contribution in [2.24, 2.45) is 5.92 Å². The summed E-state index contributed by atoms with van der Waals surface area (Å²) in [6.07, 6.45) is -11.0. The molecule has 1 spiro atoms. The number of halogens is 9. The summed E-state index contributed by atoms with van der Waals surface area (Å²) in [6, 6.07) is 6.50. The van der Waals surface area contributed by atoms with Gasteiger partial charge in [0.05, 0.1) is 6.61 Å². The van der Waals surface area contributed by atoms with E-state index in [1.165, 1.54) is 32.5 Å². The molecule has 3 heterocycles. The number of pyridine rings is 1. The van der Waals surface area contributed by atoms with Gasteiger partial charge in [0.25, 0.3) is 0 Å². The standard InChI is InChI=1S/C17H27N3O.3C2HF3O2/c1-14(2)20-12-17(13-20)10-15(7-9-19(17)3)11-21-16-6-4-5-8-18-16;3*3-2(4,5)1(6)7/h4-6,8,14-15H,7,9-13H2,1-3H3;3*(H,6,7). The molecule has 3 rings (SSSR count). The number of aliphatic carboxylic acids is 3. The molecule has 0 bridgehead atoms. The van der Waals surface area contributed by atoms with Crippen LogP contribution < -0.4 is 4.74 Å². The first kappa shape index (κ1) is 38.6. The fourth-order valence-electron chi connectivity index (χ4n) is 3.63. The topological polar surface area (TPSA) is 140 Å². The second-order valence-electron chi connectivity index (χ2n) is 9.39. The number of likely N-dealkylation sites (N-methyl/N-ethyl adjacent to an activating group) is 1. The Hall–Kier alpha value is -3.35. The molecule has 1 unspecified atom stereocenters. The van der Waals surface area contributed by atoms with Crippen LogP contribution >= 0.6 is 0 Å². The molecule has 19 heteroatoms. The van der Waals surface area contributed by atoms with E-state index in [0.29, 0.717) is 17.5 Å². The molecule has 242 valence electrons. The molecule has 1 aromatic rings. The quantitative estimate of drug-likeness (QED) is 0.415. The molecule has 0 aliphatic carbocycles. The zero-order valence-corrected chi connectivity index (χ0v) is 22.4. The highest BCUT2D eigenvalue weighted by Gasteiger charge is 2.49. The molecule has 2 fully saturated rings. The SMILES string of the molecule is CC(C)N1CC2(CC(COc3ccccn3)CCN2C)C1.O=C(O)C(F)(F)F.O=C(O)C(F)(F)F.O=C(O)C(F)(F)F. The first-order chi connectivity index (χ1) is 18.9. The van der Waals surface area contributed by atoms with Gasteiger partial charge < -0.3 is 20.1 Å². The number of piperidine rings is 1. The third-order valence-electron chi connectivity index (χ3n) is 5.91. The lowest BCUT2D eigenvalue weighted by Crippen LogP contribution is -2.72. The second-order valence-corrected chi connectivity index (χ2v) is 9.39. The van der Waals surface area contributed by atoms with Crippen molar-refractivity contribution in [1.82, 2.24) is 14.8 Å². The molecule has 10 nitrogen and oxygen atoms in total. The van der Waals surface area contributed by atoms with Crippen molar-refractivity contribution >= 4 is 17.9 Å². The van der Waals surface area contributed by atoms with Gasteiger partial charge in [0, 0.05) is 36.9 Å². The summed E-state index contributed by atoms with van der Waals surface area (Å²) >= 11 is 0. The summed E-state index contributed by atoms with van der Waals surface area (Å²) < 4.78 is 101. The van der Waals surface area contributed by atoms with Gasteiger partial charge in [0.15, 0.2) is 0 Å². The molecule has 0 aromatic carbocycles. The molecular weight excluding hydrogens is 601 g/mol. The highest BCUT2D eigenvalue weighted by atomic mass is 19.4. The van der Waals surface area contributed by atoms with Gasteiger partial charge >= 0.3 is 36.4 Å². The van der Waals surface area contributed by atoms with E-state index in [4.69, 9.17) is 34.4 Å². The predicted molar refractivity (Wildman–Crippen MR) is 126 cm³/mol. The van der Waals surface area contributed by atoms with Crippen LogP contribution in [0.4, 0.5) is 39.5 Å². The van der Waals surface area contributed by atoms with Crippen LogP contribution in [0.25, 0.3) is 0 Å². The zero-order chi connectivity index (χ0) is 33.1. The van der Waals surface area contributed by atoms with E-state index in [0.717, 1.165) is 12.5 Å². The Bertz CT molecular complexity index is 941. The Kier molecular flexibility index (Phi) is 14.5. The first-order valence-corrected chi connectivity index (χ1v) is 11.8. The highest BCUT2D eigenvalue weighted by Crippen LogP contribution is 2.39. The minimum Gasteiger partial charge on any atom is -0.477 e. The van der Waals surface area contributed by atoms with E-state index in [-0.39, 0.29) is 0 Å². The Morgan fingerprint density at radius 1 is 0.929 bits per heavy atom. The minimum absolute atomic E-state index is 0.390. The maximum absolute atomic E-state index is 10.6. The van der Waals surface area contributed by atoms with E-state index in [1.54, 1.807) is 6.20 Å². The molecule has 1 atom stereocenters. The number of ether oxygens (including phenoxy) is 1. The number of alkyl halides is 9. The maximum Gasteiger partial charge on any atom is 0.490 e. The van der Waals surface area contributed by atoms with E-state index in [2.05, 4.69) is 35.7 Å². The maximum atomic E-state index is 10.6. The van der Waals surface area contributed by atoms with Crippen LogP contribution in [-0.4, -0.2) is 111 Å². The van der Waals surface area contributed by atoms with Crippen molar-refractivity contribution in [3.63, 3.8) is 0 Å². The smallest absolute Gasteiger partial charge is 0.477 e. The lowest BCUT2D eigenvalue weighted by atomic mass is 9.75. The van der Waals surface area contributed by atoms with Crippen LogP contribution in [-0.2, 0) is 14.4 Å². The van der Waals surface area contributed by atoms with Crippen molar-refractivity contribution in [3.8, 4) is 5.88 Å². The van der Waals surface area contributed by atoms with Crippen LogP contribution in [0.3, 0.4) is 0 Å². The molecule has 0 amide bonds. The predicted octanol–water partition coefficient (Wildman–Crippen LogP) is 4.16. The number of rotatable bonds is 4.